The monoisotopic (exact) mass is 333 g/mol. The van der Waals surface area contributed by atoms with E-state index in [1.807, 2.05) is 14.1 Å². The van der Waals surface area contributed by atoms with E-state index in [9.17, 15) is 4.79 Å². The molecule has 21 heavy (non-hydrogen) atoms. The summed E-state index contributed by atoms with van der Waals surface area (Å²) in [5.74, 6) is 0.141. The maximum Gasteiger partial charge on any atom is 0.237 e. The molecule has 1 fully saturated rings. The molecule has 0 unspecified atom stereocenters. The smallest absolute Gasteiger partial charge is 0.237 e. The first kappa shape index (κ1) is 20.0. The largest absolute Gasteiger partial charge is 0.378 e. The molecule has 120 valence electrons. The van der Waals surface area contributed by atoms with E-state index in [-0.39, 0.29) is 36.8 Å². The number of anilines is 1. The van der Waals surface area contributed by atoms with Crippen LogP contribution >= 0.6 is 24.8 Å². The predicted molar refractivity (Wildman–Crippen MR) is 93.0 cm³/mol. The highest BCUT2D eigenvalue weighted by molar-refractivity contribution is 5.85. The minimum absolute atomic E-state index is 0. The summed E-state index contributed by atoms with van der Waals surface area (Å²) < 4.78 is 0. The Bertz CT molecular complexity index is 417. The van der Waals surface area contributed by atoms with E-state index in [1.165, 1.54) is 11.3 Å². The maximum absolute atomic E-state index is 11.8. The number of carbonyl (C=O) groups excluding carboxylic acids is 1. The van der Waals surface area contributed by atoms with Gasteiger partial charge in [0, 0.05) is 26.3 Å². The molecule has 0 bridgehead atoms. The molecule has 1 aromatic rings. The summed E-state index contributed by atoms with van der Waals surface area (Å²) in [4.78, 5) is 13.9. The fraction of sp³-hybridized carbons (Fsp3) is 0.533. The van der Waals surface area contributed by atoms with Gasteiger partial charge in [0.25, 0.3) is 0 Å². The summed E-state index contributed by atoms with van der Waals surface area (Å²) in [6, 6.07) is 8.48. The van der Waals surface area contributed by atoms with Crippen LogP contribution in [0.2, 0.25) is 0 Å². The number of benzene rings is 1. The number of carbonyl (C=O) groups is 1. The molecule has 2 rings (SSSR count). The second-order valence-corrected chi connectivity index (χ2v) is 5.25. The van der Waals surface area contributed by atoms with Crippen LogP contribution in [0.3, 0.4) is 0 Å². The molecule has 1 aliphatic rings. The van der Waals surface area contributed by atoms with Crippen molar-refractivity contribution in [3.05, 3.63) is 29.8 Å². The van der Waals surface area contributed by atoms with Crippen molar-refractivity contribution in [2.24, 2.45) is 0 Å². The van der Waals surface area contributed by atoms with Crippen LogP contribution in [0.15, 0.2) is 24.3 Å². The van der Waals surface area contributed by atoms with Crippen LogP contribution in [-0.4, -0.2) is 39.1 Å². The van der Waals surface area contributed by atoms with Crippen LogP contribution < -0.4 is 15.5 Å². The van der Waals surface area contributed by atoms with Gasteiger partial charge >= 0.3 is 0 Å². The molecular weight excluding hydrogens is 309 g/mol. The molecule has 1 saturated heterocycles. The van der Waals surface area contributed by atoms with E-state index in [1.54, 1.807) is 0 Å². The topological polar surface area (TPSA) is 44.4 Å². The van der Waals surface area contributed by atoms with E-state index in [4.69, 9.17) is 0 Å². The second-order valence-electron chi connectivity index (χ2n) is 5.25. The zero-order valence-corrected chi connectivity index (χ0v) is 14.2. The summed E-state index contributed by atoms with van der Waals surface area (Å²) >= 11 is 0. The summed E-state index contributed by atoms with van der Waals surface area (Å²) in [6.45, 7) is 1.67. The Hall–Kier alpha value is -0.970. The molecule has 1 atom stereocenters. The molecule has 2 N–H and O–H groups in total. The van der Waals surface area contributed by atoms with Crippen LogP contribution in [0.1, 0.15) is 18.4 Å². The molecule has 0 aromatic heterocycles. The molecule has 0 aliphatic carbocycles. The minimum Gasteiger partial charge on any atom is -0.378 e. The molecule has 0 spiro atoms. The highest BCUT2D eigenvalue weighted by Crippen LogP contribution is 2.12. The standard InChI is InChI=1S/C15H23N3O.2ClH/c1-18(2)13-7-5-12(6-8-13)9-11-17-15(19)14-4-3-10-16-14;;/h5-8,14,16H,3-4,9-11H2,1-2H3,(H,17,19);2*1H/t14-;;/m1../s1. The zero-order chi connectivity index (χ0) is 13.7. The normalized spacial score (nSPS) is 16.6. The third kappa shape index (κ3) is 6.12. The summed E-state index contributed by atoms with van der Waals surface area (Å²) in [6.07, 6.45) is 2.94. The number of hydrogen-bond donors (Lipinski definition) is 2. The molecule has 1 heterocycles. The Morgan fingerprint density at radius 3 is 2.48 bits per heavy atom. The van der Waals surface area contributed by atoms with Crippen molar-refractivity contribution in [2.75, 3.05) is 32.1 Å². The van der Waals surface area contributed by atoms with E-state index >= 15 is 0 Å². The van der Waals surface area contributed by atoms with Gasteiger partial charge in [-0.3, -0.25) is 4.79 Å². The van der Waals surface area contributed by atoms with Gasteiger partial charge in [-0.05, 0) is 43.5 Å². The van der Waals surface area contributed by atoms with Crippen LogP contribution in [-0.2, 0) is 11.2 Å². The molecular formula is C15H25Cl2N3O. The quantitative estimate of drug-likeness (QED) is 0.866. The molecule has 0 saturated carbocycles. The first-order chi connectivity index (χ1) is 9.16. The van der Waals surface area contributed by atoms with Crippen molar-refractivity contribution >= 4 is 36.4 Å². The van der Waals surface area contributed by atoms with Crippen molar-refractivity contribution in [1.82, 2.24) is 10.6 Å². The number of amides is 1. The van der Waals surface area contributed by atoms with Gasteiger partial charge in [0.05, 0.1) is 6.04 Å². The van der Waals surface area contributed by atoms with Gasteiger partial charge in [0.2, 0.25) is 5.91 Å². The highest BCUT2D eigenvalue weighted by atomic mass is 35.5. The first-order valence-electron chi connectivity index (χ1n) is 6.94. The van der Waals surface area contributed by atoms with Gasteiger partial charge < -0.3 is 15.5 Å². The minimum atomic E-state index is 0. The number of rotatable bonds is 5. The van der Waals surface area contributed by atoms with Crippen molar-refractivity contribution in [1.29, 1.82) is 0 Å². The zero-order valence-electron chi connectivity index (χ0n) is 12.6. The Balaban J connectivity index is 0.00000200. The van der Waals surface area contributed by atoms with E-state index in [2.05, 4.69) is 39.8 Å². The fourth-order valence-electron chi connectivity index (χ4n) is 2.32. The lowest BCUT2D eigenvalue weighted by atomic mass is 10.1. The van der Waals surface area contributed by atoms with Gasteiger partial charge in [0.1, 0.15) is 0 Å². The average molecular weight is 334 g/mol. The SMILES string of the molecule is CN(C)c1ccc(CCNC(=O)[C@H]2CCCN2)cc1.Cl.Cl. The Morgan fingerprint density at radius 1 is 1.29 bits per heavy atom. The van der Waals surface area contributed by atoms with Crippen molar-refractivity contribution in [3.63, 3.8) is 0 Å². The summed E-state index contributed by atoms with van der Waals surface area (Å²) in [5.41, 5.74) is 2.45. The maximum atomic E-state index is 11.8. The van der Waals surface area contributed by atoms with Crippen LogP contribution in [0, 0.1) is 0 Å². The van der Waals surface area contributed by atoms with Gasteiger partial charge in [-0.1, -0.05) is 12.1 Å². The third-order valence-electron chi connectivity index (χ3n) is 3.54. The van der Waals surface area contributed by atoms with E-state index < -0.39 is 0 Å². The average Bonchev–Trinajstić information content (AvgIpc) is 2.93. The lowest BCUT2D eigenvalue weighted by Gasteiger charge is -2.13. The second kappa shape index (κ2) is 9.87. The molecule has 1 amide bonds. The Kier molecular flexibility index (Phi) is 9.42. The van der Waals surface area contributed by atoms with Gasteiger partial charge in [-0.2, -0.15) is 0 Å². The van der Waals surface area contributed by atoms with Gasteiger partial charge in [0.15, 0.2) is 0 Å². The van der Waals surface area contributed by atoms with Crippen molar-refractivity contribution in [2.45, 2.75) is 25.3 Å². The molecule has 0 radical (unpaired) electrons. The third-order valence-corrected chi connectivity index (χ3v) is 3.54. The number of nitrogens with zero attached hydrogens (tertiary/aromatic N) is 1. The van der Waals surface area contributed by atoms with Gasteiger partial charge in [-0.15, -0.1) is 24.8 Å². The van der Waals surface area contributed by atoms with E-state index in [0.29, 0.717) is 6.54 Å². The number of nitrogens with one attached hydrogen (secondary N) is 2. The summed E-state index contributed by atoms with van der Waals surface area (Å²) in [5, 5.41) is 6.21. The molecule has 4 nitrogen and oxygen atoms in total. The number of halogens is 2. The Labute approximate surface area is 139 Å². The lowest BCUT2D eigenvalue weighted by Crippen LogP contribution is -2.41. The molecule has 1 aromatic carbocycles. The van der Waals surface area contributed by atoms with Crippen LogP contribution in [0.4, 0.5) is 5.69 Å². The predicted octanol–water partition coefficient (Wildman–Crippen LogP) is 2.01. The van der Waals surface area contributed by atoms with E-state index in [0.717, 1.165) is 25.8 Å². The van der Waals surface area contributed by atoms with Crippen LogP contribution in [0.5, 0.6) is 0 Å². The molecule has 6 heteroatoms. The van der Waals surface area contributed by atoms with Crippen molar-refractivity contribution < 1.29 is 4.79 Å². The van der Waals surface area contributed by atoms with Crippen molar-refractivity contribution in [3.8, 4) is 0 Å². The lowest BCUT2D eigenvalue weighted by molar-refractivity contribution is -0.122. The van der Waals surface area contributed by atoms with Gasteiger partial charge in [-0.25, -0.2) is 0 Å². The van der Waals surface area contributed by atoms with Crippen LogP contribution in [0.25, 0.3) is 0 Å². The Morgan fingerprint density at radius 2 is 1.95 bits per heavy atom. The molecule has 1 aliphatic heterocycles. The first-order valence-corrected chi connectivity index (χ1v) is 6.94. The fourth-order valence-corrected chi connectivity index (χ4v) is 2.32. The summed E-state index contributed by atoms with van der Waals surface area (Å²) in [7, 11) is 4.06. The number of hydrogen-bond acceptors (Lipinski definition) is 3. The highest BCUT2D eigenvalue weighted by Gasteiger charge is 2.21.